The molecule has 1 heterocycles. The van der Waals surface area contributed by atoms with Crippen molar-refractivity contribution in [3.05, 3.63) is 27.5 Å². The predicted molar refractivity (Wildman–Crippen MR) is 49.9 cm³/mol. The van der Waals surface area contributed by atoms with Crippen LogP contribution in [0.5, 0.6) is 5.88 Å². The molecular formula is C9H9F2NO4. The fraction of sp³-hybridized carbons (Fsp3) is 0.333. The van der Waals surface area contributed by atoms with Gasteiger partial charge in [-0.1, -0.05) is 0 Å². The molecule has 0 saturated carbocycles. The first kappa shape index (κ1) is 12.2. The minimum atomic E-state index is -2.93. The summed E-state index contributed by atoms with van der Waals surface area (Å²) in [6.45, 7) is 0. The monoisotopic (exact) mass is 233 g/mol. The maximum absolute atomic E-state index is 12.6. The molecule has 0 saturated heterocycles. The molecule has 0 atom stereocenters. The molecule has 16 heavy (non-hydrogen) atoms. The number of aromatic amines is 1. The van der Waals surface area contributed by atoms with Crippen molar-refractivity contribution < 1.29 is 23.4 Å². The van der Waals surface area contributed by atoms with Gasteiger partial charge in [-0.2, -0.15) is 0 Å². The van der Waals surface area contributed by atoms with E-state index in [1.165, 1.54) is 0 Å². The van der Waals surface area contributed by atoms with Gasteiger partial charge in [0.1, 0.15) is 0 Å². The van der Waals surface area contributed by atoms with Crippen molar-refractivity contribution in [2.24, 2.45) is 0 Å². The van der Waals surface area contributed by atoms with Gasteiger partial charge in [0.15, 0.2) is 5.88 Å². The van der Waals surface area contributed by atoms with E-state index >= 15 is 0 Å². The van der Waals surface area contributed by atoms with E-state index in [0.717, 1.165) is 7.11 Å². The Morgan fingerprint density at radius 1 is 1.62 bits per heavy atom. The molecule has 5 nitrogen and oxygen atoms in total. The first-order valence-electron chi connectivity index (χ1n) is 4.25. The van der Waals surface area contributed by atoms with Crippen LogP contribution in [0.1, 0.15) is 17.6 Å². The van der Waals surface area contributed by atoms with Crippen molar-refractivity contribution in [3.63, 3.8) is 0 Å². The van der Waals surface area contributed by atoms with Crippen molar-refractivity contribution in [1.82, 2.24) is 4.98 Å². The fourth-order valence-electron chi connectivity index (χ4n) is 1.29. The van der Waals surface area contributed by atoms with Gasteiger partial charge in [-0.15, -0.1) is 0 Å². The molecule has 0 bridgehead atoms. The highest BCUT2D eigenvalue weighted by atomic mass is 19.3. The lowest BCUT2D eigenvalue weighted by molar-refractivity contribution is -0.136. The van der Waals surface area contributed by atoms with E-state index in [9.17, 15) is 18.4 Å². The summed E-state index contributed by atoms with van der Waals surface area (Å²) >= 11 is 0. The first-order valence-corrected chi connectivity index (χ1v) is 4.25. The second-order valence-corrected chi connectivity index (χ2v) is 2.97. The molecule has 1 rings (SSSR count). The van der Waals surface area contributed by atoms with Gasteiger partial charge in [-0.05, 0) is 0 Å². The summed E-state index contributed by atoms with van der Waals surface area (Å²) in [5, 5.41) is 8.57. The van der Waals surface area contributed by atoms with Crippen LogP contribution in [0.2, 0.25) is 0 Å². The number of ether oxygens (including phenoxy) is 1. The molecule has 0 aliphatic carbocycles. The molecule has 7 heteroatoms. The number of rotatable bonds is 4. The van der Waals surface area contributed by atoms with Crippen LogP contribution in [-0.4, -0.2) is 23.2 Å². The lowest BCUT2D eigenvalue weighted by Crippen LogP contribution is -2.14. The average Bonchev–Trinajstić information content (AvgIpc) is 2.19. The highest BCUT2D eigenvalue weighted by Crippen LogP contribution is 2.27. The number of hydrogen-bond donors (Lipinski definition) is 2. The highest BCUT2D eigenvalue weighted by Gasteiger charge is 2.20. The number of H-pyrrole nitrogens is 1. The predicted octanol–water partition coefficient (Wildman–Crippen LogP) is 0.948. The van der Waals surface area contributed by atoms with Crippen molar-refractivity contribution in [3.8, 4) is 5.88 Å². The van der Waals surface area contributed by atoms with Crippen LogP contribution >= 0.6 is 0 Å². The van der Waals surface area contributed by atoms with Crippen LogP contribution in [0.3, 0.4) is 0 Å². The Balaban J connectivity index is 3.38. The Morgan fingerprint density at radius 3 is 2.69 bits per heavy atom. The number of nitrogens with one attached hydrogen (secondary N) is 1. The second-order valence-electron chi connectivity index (χ2n) is 2.97. The SMILES string of the molecule is COc1[nH]c(=O)cc(C(F)F)c1CC(=O)O. The Labute approximate surface area is 88.7 Å². The van der Waals surface area contributed by atoms with E-state index in [-0.39, 0.29) is 11.4 Å². The van der Waals surface area contributed by atoms with Crippen LogP contribution in [0, 0.1) is 0 Å². The number of aliphatic carboxylic acids is 1. The summed E-state index contributed by atoms with van der Waals surface area (Å²) in [6.07, 6.45) is -3.56. The summed E-state index contributed by atoms with van der Waals surface area (Å²) in [7, 11) is 1.16. The summed E-state index contributed by atoms with van der Waals surface area (Å²) < 4.78 is 29.8. The van der Waals surface area contributed by atoms with E-state index < -0.39 is 29.9 Å². The number of halogens is 2. The van der Waals surface area contributed by atoms with Gasteiger partial charge in [0.2, 0.25) is 0 Å². The number of carboxylic acid groups (broad SMARTS) is 1. The standard InChI is InChI=1S/C9H9F2NO4/c1-16-9-5(3-7(14)15)4(8(10)11)2-6(13)12-9/h2,8H,3H2,1H3,(H,12,13)(H,14,15). The van der Waals surface area contributed by atoms with Crippen LogP contribution in [0.25, 0.3) is 0 Å². The zero-order valence-corrected chi connectivity index (χ0v) is 8.29. The van der Waals surface area contributed by atoms with Gasteiger partial charge in [0.05, 0.1) is 13.5 Å². The molecule has 0 unspecified atom stereocenters. The van der Waals surface area contributed by atoms with Crippen molar-refractivity contribution in [2.75, 3.05) is 7.11 Å². The molecule has 2 N–H and O–H groups in total. The third-order valence-electron chi connectivity index (χ3n) is 1.91. The molecule has 0 spiro atoms. The Bertz CT molecular complexity index is 455. The summed E-state index contributed by atoms with van der Waals surface area (Å²) in [6, 6.07) is 0.672. The average molecular weight is 233 g/mol. The molecule has 88 valence electrons. The molecule has 0 fully saturated rings. The van der Waals surface area contributed by atoms with Crippen molar-refractivity contribution in [2.45, 2.75) is 12.8 Å². The molecule has 0 amide bonds. The van der Waals surface area contributed by atoms with Gasteiger partial charge >= 0.3 is 5.97 Å². The molecule has 0 radical (unpaired) electrons. The zero-order valence-electron chi connectivity index (χ0n) is 8.29. The Hall–Kier alpha value is -1.92. The van der Waals surface area contributed by atoms with Gasteiger partial charge in [0.25, 0.3) is 12.0 Å². The Morgan fingerprint density at radius 2 is 2.25 bits per heavy atom. The summed E-state index contributed by atoms with van der Waals surface area (Å²) in [4.78, 5) is 23.7. The van der Waals surface area contributed by atoms with Gasteiger partial charge in [0, 0.05) is 17.2 Å². The van der Waals surface area contributed by atoms with Crippen molar-refractivity contribution in [1.29, 1.82) is 0 Å². The summed E-state index contributed by atoms with van der Waals surface area (Å²) in [5.41, 5.74) is -1.60. The molecule has 0 aliphatic heterocycles. The maximum Gasteiger partial charge on any atom is 0.308 e. The smallest absolute Gasteiger partial charge is 0.308 e. The van der Waals surface area contributed by atoms with Gasteiger partial charge in [-0.3, -0.25) is 14.6 Å². The quantitative estimate of drug-likeness (QED) is 0.811. The number of carbonyl (C=O) groups is 1. The third kappa shape index (κ3) is 2.56. The third-order valence-corrected chi connectivity index (χ3v) is 1.91. The van der Waals surface area contributed by atoms with E-state index in [2.05, 4.69) is 9.72 Å². The van der Waals surface area contributed by atoms with Gasteiger partial charge in [-0.25, -0.2) is 8.78 Å². The molecule has 1 aromatic rings. The fourth-order valence-corrected chi connectivity index (χ4v) is 1.29. The molecule has 1 aromatic heterocycles. The summed E-state index contributed by atoms with van der Waals surface area (Å²) in [5.74, 6) is -1.53. The van der Waals surface area contributed by atoms with E-state index in [1.54, 1.807) is 0 Å². The lowest BCUT2D eigenvalue weighted by Gasteiger charge is -2.10. The topological polar surface area (TPSA) is 79.4 Å². The zero-order chi connectivity index (χ0) is 12.3. The minimum Gasteiger partial charge on any atom is -0.482 e. The van der Waals surface area contributed by atoms with Crippen LogP contribution in [-0.2, 0) is 11.2 Å². The van der Waals surface area contributed by atoms with Crippen LogP contribution in [0.15, 0.2) is 10.9 Å². The molecular weight excluding hydrogens is 224 g/mol. The van der Waals surface area contributed by atoms with E-state index in [4.69, 9.17) is 5.11 Å². The minimum absolute atomic E-state index is 0.218. The Kier molecular flexibility index (Phi) is 3.60. The van der Waals surface area contributed by atoms with Crippen LogP contribution in [0.4, 0.5) is 8.78 Å². The molecule has 0 aromatic carbocycles. The number of hydrogen-bond acceptors (Lipinski definition) is 3. The van der Waals surface area contributed by atoms with Crippen LogP contribution < -0.4 is 10.3 Å². The number of aromatic nitrogens is 1. The number of methoxy groups -OCH3 is 1. The largest absolute Gasteiger partial charge is 0.482 e. The normalized spacial score (nSPS) is 10.5. The molecule has 0 aliphatic rings. The highest BCUT2D eigenvalue weighted by molar-refractivity contribution is 5.71. The van der Waals surface area contributed by atoms with Crippen molar-refractivity contribution >= 4 is 5.97 Å². The van der Waals surface area contributed by atoms with Gasteiger partial charge < -0.3 is 9.84 Å². The number of alkyl halides is 2. The maximum atomic E-state index is 12.6. The second kappa shape index (κ2) is 4.73. The first-order chi connectivity index (χ1) is 7.45. The van der Waals surface area contributed by atoms with E-state index in [0.29, 0.717) is 6.07 Å². The number of carboxylic acids is 1. The van der Waals surface area contributed by atoms with E-state index in [1.807, 2.05) is 0 Å². The number of pyridine rings is 1. The lowest BCUT2D eigenvalue weighted by atomic mass is 10.1.